The molecule has 1 N–H and O–H groups in total. The van der Waals surface area contributed by atoms with Gasteiger partial charge in [0.1, 0.15) is 11.6 Å². The maximum atomic E-state index is 13.6. The van der Waals surface area contributed by atoms with Crippen LogP contribution in [0.1, 0.15) is 5.56 Å². The van der Waals surface area contributed by atoms with E-state index in [2.05, 4.69) is 10.3 Å². The van der Waals surface area contributed by atoms with Gasteiger partial charge in [0.15, 0.2) is 0 Å². The van der Waals surface area contributed by atoms with Crippen LogP contribution in [-0.4, -0.2) is 10.9 Å². The van der Waals surface area contributed by atoms with Crippen LogP contribution in [0, 0.1) is 11.6 Å². The zero-order chi connectivity index (χ0) is 16.2. The molecule has 6 heteroatoms. The van der Waals surface area contributed by atoms with Crippen molar-refractivity contribution in [1.29, 1.82) is 0 Å². The van der Waals surface area contributed by atoms with E-state index in [-0.39, 0.29) is 17.9 Å². The summed E-state index contributed by atoms with van der Waals surface area (Å²) in [6.45, 7) is 0. The monoisotopic (exact) mass is 330 g/mol. The van der Waals surface area contributed by atoms with Gasteiger partial charge in [0, 0.05) is 28.7 Å². The number of nitrogens with one attached hydrogen (secondary N) is 1. The Balaban J connectivity index is 1.68. The Morgan fingerprint density at radius 1 is 1.13 bits per heavy atom. The number of nitrogens with zero attached hydrogens (tertiary/aromatic N) is 1. The number of amides is 1. The second-order valence-electron chi connectivity index (χ2n) is 4.90. The maximum absolute atomic E-state index is 13.6. The Morgan fingerprint density at radius 2 is 1.91 bits per heavy atom. The van der Waals surface area contributed by atoms with Crippen molar-refractivity contribution in [2.45, 2.75) is 6.42 Å². The fraction of sp³-hybridized carbons (Fsp3) is 0.0588. The van der Waals surface area contributed by atoms with E-state index < -0.39 is 11.6 Å². The number of pyridine rings is 1. The molecule has 0 aliphatic rings. The van der Waals surface area contributed by atoms with E-state index in [1.807, 2.05) is 23.6 Å². The predicted octanol–water partition coefficient (Wildman–Crippen LogP) is 4.27. The van der Waals surface area contributed by atoms with Crippen molar-refractivity contribution < 1.29 is 13.6 Å². The molecule has 0 bridgehead atoms. The predicted molar refractivity (Wildman–Crippen MR) is 86.2 cm³/mol. The average molecular weight is 330 g/mol. The van der Waals surface area contributed by atoms with Gasteiger partial charge in [0.05, 0.1) is 12.1 Å². The Hall–Kier alpha value is -2.60. The highest BCUT2D eigenvalue weighted by Gasteiger charge is 2.11. The smallest absolute Gasteiger partial charge is 0.228 e. The summed E-state index contributed by atoms with van der Waals surface area (Å²) in [6.07, 6.45) is 3.25. The third-order valence-electron chi connectivity index (χ3n) is 3.21. The molecule has 0 unspecified atom stereocenters. The van der Waals surface area contributed by atoms with Crippen LogP contribution >= 0.6 is 11.3 Å². The molecule has 1 aromatic carbocycles. The van der Waals surface area contributed by atoms with E-state index >= 15 is 0 Å². The number of carbonyl (C=O) groups is 1. The lowest BCUT2D eigenvalue weighted by atomic mass is 10.1. The second kappa shape index (κ2) is 6.66. The summed E-state index contributed by atoms with van der Waals surface area (Å²) in [5.74, 6) is -1.73. The molecule has 2 heterocycles. The van der Waals surface area contributed by atoms with Gasteiger partial charge in [-0.3, -0.25) is 9.78 Å². The molecule has 0 spiro atoms. The number of hydrogen-bond donors (Lipinski definition) is 1. The van der Waals surface area contributed by atoms with Crippen LogP contribution in [0.3, 0.4) is 0 Å². The van der Waals surface area contributed by atoms with E-state index in [1.165, 1.54) is 17.4 Å². The summed E-state index contributed by atoms with van der Waals surface area (Å²) < 4.78 is 26.4. The van der Waals surface area contributed by atoms with Crippen molar-refractivity contribution in [3.05, 3.63) is 71.4 Å². The molecule has 3 aromatic rings. The van der Waals surface area contributed by atoms with Gasteiger partial charge in [-0.2, -0.15) is 0 Å². The van der Waals surface area contributed by atoms with Crippen LogP contribution in [-0.2, 0) is 11.2 Å². The van der Waals surface area contributed by atoms with Crippen molar-refractivity contribution in [2.75, 3.05) is 5.32 Å². The minimum Gasteiger partial charge on any atom is -0.325 e. The zero-order valence-electron chi connectivity index (χ0n) is 11.9. The molecule has 116 valence electrons. The molecule has 1 amide bonds. The van der Waals surface area contributed by atoms with Crippen molar-refractivity contribution in [2.24, 2.45) is 0 Å². The Morgan fingerprint density at radius 3 is 2.65 bits per heavy atom. The number of thiophene rings is 1. The lowest BCUT2D eigenvalue weighted by Gasteiger charge is -2.04. The van der Waals surface area contributed by atoms with Crippen molar-refractivity contribution in [3.63, 3.8) is 0 Å². The Bertz CT molecular complexity index is 834. The number of benzene rings is 1. The van der Waals surface area contributed by atoms with Crippen molar-refractivity contribution in [1.82, 2.24) is 4.98 Å². The highest BCUT2D eigenvalue weighted by atomic mass is 32.1. The molecule has 3 nitrogen and oxygen atoms in total. The number of carbonyl (C=O) groups excluding carboxylic acids is 1. The summed E-state index contributed by atoms with van der Waals surface area (Å²) in [5.41, 5.74) is 1.82. The van der Waals surface area contributed by atoms with Gasteiger partial charge in [-0.15, -0.1) is 11.3 Å². The number of rotatable bonds is 4. The molecule has 0 fully saturated rings. The first kappa shape index (κ1) is 15.3. The van der Waals surface area contributed by atoms with Gasteiger partial charge in [0.25, 0.3) is 0 Å². The van der Waals surface area contributed by atoms with Crippen LogP contribution in [0.25, 0.3) is 10.4 Å². The average Bonchev–Trinajstić information content (AvgIpc) is 2.99. The van der Waals surface area contributed by atoms with Gasteiger partial charge in [0.2, 0.25) is 5.91 Å². The molecule has 0 radical (unpaired) electrons. The lowest BCUT2D eigenvalue weighted by Crippen LogP contribution is -2.14. The first-order chi connectivity index (χ1) is 11.1. The minimum absolute atomic E-state index is 0.146. The Kier molecular flexibility index (Phi) is 4.43. The van der Waals surface area contributed by atoms with Gasteiger partial charge >= 0.3 is 0 Å². The normalized spacial score (nSPS) is 10.5. The zero-order valence-corrected chi connectivity index (χ0v) is 12.7. The van der Waals surface area contributed by atoms with E-state index in [1.54, 1.807) is 12.4 Å². The summed E-state index contributed by atoms with van der Waals surface area (Å²) in [5, 5.41) is 4.53. The number of aromatic nitrogens is 1. The summed E-state index contributed by atoms with van der Waals surface area (Å²) in [6, 6.07) is 8.79. The molecule has 0 saturated carbocycles. The van der Waals surface area contributed by atoms with Crippen LogP contribution in [0.4, 0.5) is 14.5 Å². The maximum Gasteiger partial charge on any atom is 0.228 e. The Labute approximate surface area is 135 Å². The highest BCUT2D eigenvalue weighted by molar-refractivity contribution is 7.14. The first-order valence-electron chi connectivity index (χ1n) is 6.84. The molecule has 2 aromatic heterocycles. The standard InChI is InChI=1S/C17H12F2N2OS/c18-13-2-1-12(15(19)8-13)7-17(22)21-14-9-16(23-10-14)11-3-5-20-6-4-11/h1-6,8-10H,7H2,(H,21,22). The fourth-order valence-corrected chi connectivity index (χ4v) is 2.96. The molecule has 3 rings (SSSR count). The molecule has 23 heavy (non-hydrogen) atoms. The van der Waals surface area contributed by atoms with E-state index in [4.69, 9.17) is 0 Å². The van der Waals surface area contributed by atoms with Crippen LogP contribution < -0.4 is 5.32 Å². The quantitative estimate of drug-likeness (QED) is 0.776. The van der Waals surface area contributed by atoms with E-state index in [0.29, 0.717) is 5.69 Å². The van der Waals surface area contributed by atoms with E-state index in [0.717, 1.165) is 22.6 Å². The van der Waals surface area contributed by atoms with Gasteiger partial charge in [-0.1, -0.05) is 6.07 Å². The summed E-state index contributed by atoms with van der Waals surface area (Å²) in [4.78, 5) is 16.9. The molecule has 0 atom stereocenters. The largest absolute Gasteiger partial charge is 0.325 e. The molecular formula is C17H12F2N2OS. The van der Waals surface area contributed by atoms with Crippen molar-refractivity contribution >= 4 is 22.9 Å². The molecule has 0 aliphatic carbocycles. The third kappa shape index (κ3) is 3.78. The van der Waals surface area contributed by atoms with Crippen LogP contribution in [0.2, 0.25) is 0 Å². The van der Waals surface area contributed by atoms with Crippen LogP contribution in [0.15, 0.2) is 54.2 Å². The molecule has 0 saturated heterocycles. The van der Waals surface area contributed by atoms with Gasteiger partial charge in [-0.25, -0.2) is 8.78 Å². The van der Waals surface area contributed by atoms with Gasteiger partial charge in [-0.05, 0) is 35.4 Å². The van der Waals surface area contributed by atoms with Gasteiger partial charge < -0.3 is 5.32 Å². The topological polar surface area (TPSA) is 42.0 Å². The first-order valence-corrected chi connectivity index (χ1v) is 7.72. The lowest BCUT2D eigenvalue weighted by molar-refractivity contribution is -0.115. The summed E-state index contributed by atoms with van der Waals surface area (Å²) in [7, 11) is 0. The molecule has 0 aliphatic heterocycles. The minimum atomic E-state index is -0.719. The highest BCUT2D eigenvalue weighted by Crippen LogP contribution is 2.29. The third-order valence-corrected chi connectivity index (χ3v) is 4.19. The summed E-state index contributed by atoms with van der Waals surface area (Å²) >= 11 is 1.49. The second-order valence-corrected chi connectivity index (χ2v) is 5.81. The number of halogens is 2. The number of anilines is 1. The number of hydrogen-bond acceptors (Lipinski definition) is 3. The fourth-order valence-electron chi connectivity index (χ4n) is 2.11. The van der Waals surface area contributed by atoms with Crippen LogP contribution in [0.5, 0.6) is 0 Å². The van der Waals surface area contributed by atoms with Crippen molar-refractivity contribution in [3.8, 4) is 10.4 Å². The SMILES string of the molecule is O=C(Cc1ccc(F)cc1F)Nc1csc(-c2ccncc2)c1. The van der Waals surface area contributed by atoms with E-state index in [9.17, 15) is 13.6 Å². The molecular weight excluding hydrogens is 318 g/mol.